The molecule has 0 radical (unpaired) electrons. The second-order valence-corrected chi connectivity index (χ2v) is 8.38. The predicted octanol–water partition coefficient (Wildman–Crippen LogP) is 1.58. The summed E-state index contributed by atoms with van der Waals surface area (Å²) in [6, 6.07) is 0. The molecule has 30 heavy (non-hydrogen) atoms. The van der Waals surface area contributed by atoms with E-state index in [0.29, 0.717) is 5.57 Å². The fraction of sp³-hybridized carbons (Fsp3) is 0.545. The standard InChI is InChI=1S/C22H24O8/c1-6-12(8-27-11(4)23)21(26)28-13-7-9(2)14-16(22(5)19(30-22)17(14)24)18-15(13)10(3)20(25)29-18/h6,13,15-16,18-19H,3,7-8H2,1-2,4-5H3. The van der Waals surface area contributed by atoms with Crippen LogP contribution in [-0.4, -0.2) is 54.2 Å². The van der Waals surface area contributed by atoms with Crippen molar-refractivity contribution >= 4 is 23.7 Å². The van der Waals surface area contributed by atoms with Crippen LogP contribution in [0.5, 0.6) is 0 Å². The van der Waals surface area contributed by atoms with Crippen LogP contribution in [0.4, 0.5) is 0 Å². The zero-order valence-corrected chi connectivity index (χ0v) is 17.4. The highest BCUT2D eigenvalue weighted by molar-refractivity contribution is 6.07. The van der Waals surface area contributed by atoms with Gasteiger partial charge in [0.2, 0.25) is 0 Å². The Bertz CT molecular complexity index is 941. The Labute approximate surface area is 173 Å². The van der Waals surface area contributed by atoms with E-state index >= 15 is 0 Å². The Hall–Kier alpha value is -2.74. The van der Waals surface area contributed by atoms with Crippen LogP contribution >= 0.6 is 0 Å². The number of hydrogen-bond acceptors (Lipinski definition) is 8. The van der Waals surface area contributed by atoms with E-state index in [1.54, 1.807) is 6.92 Å². The fourth-order valence-corrected chi connectivity index (χ4v) is 4.94. The highest BCUT2D eigenvalue weighted by Crippen LogP contribution is 2.60. The maximum absolute atomic E-state index is 12.8. The Morgan fingerprint density at radius 1 is 1.33 bits per heavy atom. The van der Waals surface area contributed by atoms with E-state index in [-0.39, 0.29) is 30.0 Å². The molecule has 0 aromatic rings. The van der Waals surface area contributed by atoms with Gasteiger partial charge in [-0.15, -0.1) is 0 Å². The lowest BCUT2D eigenvalue weighted by Gasteiger charge is -2.29. The van der Waals surface area contributed by atoms with Gasteiger partial charge in [-0.05, 0) is 20.8 Å². The summed E-state index contributed by atoms with van der Waals surface area (Å²) in [7, 11) is 0. The minimum Gasteiger partial charge on any atom is -0.461 e. The van der Waals surface area contributed by atoms with Gasteiger partial charge in [0.15, 0.2) is 11.9 Å². The molecule has 0 bridgehead atoms. The van der Waals surface area contributed by atoms with Gasteiger partial charge in [-0.3, -0.25) is 9.59 Å². The number of allylic oxidation sites excluding steroid dienone is 1. The molecule has 4 rings (SSSR count). The fourth-order valence-electron chi connectivity index (χ4n) is 4.94. The smallest absolute Gasteiger partial charge is 0.337 e. The van der Waals surface area contributed by atoms with E-state index in [1.807, 2.05) is 13.8 Å². The van der Waals surface area contributed by atoms with Crippen molar-refractivity contribution in [3.8, 4) is 0 Å². The molecule has 2 aliphatic heterocycles. The molecular weight excluding hydrogens is 392 g/mol. The van der Waals surface area contributed by atoms with Gasteiger partial charge in [0.05, 0.1) is 17.4 Å². The lowest BCUT2D eigenvalue weighted by Crippen LogP contribution is -2.40. The Morgan fingerprint density at radius 2 is 2.03 bits per heavy atom. The number of rotatable bonds is 4. The maximum atomic E-state index is 12.8. The molecule has 0 N–H and O–H groups in total. The Kier molecular flexibility index (Phi) is 4.73. The van der Waals surface area contributed by atoms with Crippen molar-refractivity contribution in [2.45, 2.75) is 58.0 Å². The van der Waals surface area contributed by atoms with Gasteiger partial charge in [-0.2, -0.15) is 0 Å². The Balaban J connectivity index is 1.65. The van der Waals surface area contributed by atoms with Crippen LogP contribution in [0, 0.1) is 11.8 Å². The van der Waals surface area contributed by atoms with Crippen molar-refractivity contribution in [1.29, 1.82) is 0 Å². The summed E-state index contributed by atoms with van der Waals surface area (Å²) in [6.07, 6.45) is -0.177. The van der Waals surface area contributed by atoms with Gasteiger partial charge < -0.3 is 18.9 Å². The van der Waals surface area contributed by atoms with Crippen molar-refractivity contribution in [2.75, 3.05) is 6.61 Å². The minimum atomic E-state index is -0.750. The number of esters is 3. The molecule has 1 saturated carbocycles. The first-order chi connectivity index (χ1) is 14.1. The molecule has 8 nitrogen and oxygen atoms in total. The summed E-state index contributed by atoms with van der Waals surface area (Å²) in [5, 5.41) is 0. The number of ketones is 1. The van der Waals surface area contributed by atoms with Gasteiger partial charge in [0, 0.05) is 24.5 Å². The van der Waals surface area contributed by atoms with Crippen LogP contribution in [0.1, 0.15) is 34.1 Å². The second kappa shape index (κ2) is 6.91. The molecule has 160 valence electrons. The van der Waals surface area contributed by atoms with Gasteiger partial charge in [-0.1, -0.05) is 18.2 Å². The molecular formula is C22H24O8. The number of hydrogen-bond donors (Lipinski definition) is 0. The number of carbonyl (C=O) groups is 4. The third kappa shape index (κ3) is 2.93. The summed E-state index contributed by atoms with van der Waals surface area (Å²) >= 11 is 0. The summed E-state index contributed by atoms with van der Waals surface area (Å²) < 4.78 is 22.0. The third-order valence-corrected chi connectivity index (χ3v) is 6.53. The van der Waals surface area contributed by atoms with Crippen molar-refractivity contribution in [1.82, 2.24) is 0 Å². The molecule has 2 heterocycles. The lowest BCUT2D eigenvalue weighted by atomic mass is 9.80. The second-order valence-electron chi connectivity index (χ2n) is 8.38. The van der Waals surface area contributed by atoms with Crippen molar-refractivity contribution in [3.05, 3.63) is 34.9 Å². The lowest BCUT2D eigenvalue weighted by molar-refractivity contribution is -0.150. The quantitative estimate of drug-likeness (QED) is 0.294. The van der Waals surface area contributed by atoms with Gasteiger partial charge >= 0.3 is 17.9 Å². The van der Waals surface area contributed by atoms with Crippen LogP contribution in [-0.2, 0) is 38.1 Å². The van der Waals surface area contributed by atoms with Crippen LogP contribution < -0.4 is 0 Å². The molecule has 0 aromatic carbocycles. The first-order valence-electron chi connectivity index (χ1n) is 9.91. The van der Waals surface area contributed by atoms with Crippen LogP contribution in [0.25, 0.3) is 0 Å². The molecule has 4 aliphatic rings. The van der Waals surface area contributed by atoms with Crippen molar-refractivity contribution in [2.24, 2.45) is 11.8 Å². The molecule has 6 atom stereocenters. The largest absolute Gasteiger partial charge is 0.461 e. The van der Waals surface area contributed by atoms with Gasteiger partial charge in [-0.25, -0.2) is 9.59 Å². The SMILES string of the molecule is C=C1C(=O)OC2C1C(OC(=O)C(=CC)COC(C)=O)CC(C)=C1C(=O)C3OC3(C)C12. The molecule has 2 saturated heterocycles. The zero-order valence-electron chi connectivity index (χ0n) is 17.4. The minimum absolute atomic E-state index is 0.0942. The van der Waals surface area contributed by atoms with Gasteiger partial charge in [0.25, 0.3) is 0 Å². The number of Topliss-reactive ketones (excluding diaryl/α,β-unsaturated/α-hetero) is 1. The maximum Gasteiger partial charge on any atom is 0.337 e. The van der Waals surface area contributed by atoms with E-state index in [4.69, 9.17) is 18.9 Å². The molecule has 3 fully saturated rings. The normalized spacial score (nSPS) is 37.1. The van der Waals surface area contributed by atoms with E-state index in [2.05, 4.69) is 6.58 Å². The number of epoxide rings is 1. The van der Waals surface area contributed by atoms with E-state index < -0.39 is 53.7 Å². The van der Waals surface area contributed by atoms with Crippen LogP contribution in [0.2, 0.25) is 0 Å². The van der Waals surface area contributed by atoms with Crippen LogP contribution in [0.3, 0.4) is 0 Å². The van der Waals surface area contributed by atoms with E-state index in [0.717, 1.165) is 5.57 Å². The van der Waals surface area contributed by atoms with Gasteiger partial charge in [0.1, 0.15) is 24.4 Å². The first kappa shape index (κ1) is 20.5. The van der Waals surface area contributed by atoms with Crippen molar-refractivity contribution in [3.63, 3.8) is 0 Å². The third-order valence-electron chi connectivity index (χ3n) is 6.53. The molecule has 0 aromatic heterocycles. The molecule has 8 heteroatoms. The molecule has 6 unspecified atom stereocenters. The predicted molar refractivity (Wildman–Crippen MR) is 102 cm³/mol. The number of fused-ring (bicyclic) bond motifs is 5. The number of ether oxygens (including phenoxy) is 4. The highest BCUT2D eigenvalue weighted by Gasteiger charge is 2.74. The average molecular weight is 416 g/mol. The summed E-state index contributed by atoms with van der Waals surface area (Å²) in [4.78, 5) is 49.0. The Morgan fingerprint density at radius 3 is 2.67 bits per heavy atom. The number of carbonyl (C=O) groups excluding carboxylic acids is 4. The summed E-state index contributed by atoms with van der Waals surface area (Å²) in [5.41, 5.74) is 1.08. The van der Waals surface area contributed by atoms with E-state index in [9.17, 15) is 19.2 Å². The molecule has 0 spiro atoms. The molecule has 0 amide bonds. The van der Waals surface area contributed by atoms with E-state index in [1.165, 1.54) is 13.0 Å². The highest BCUT2D eigenvalue weighted by atomic mass is 16.6. The first-order valence-corrected chi connectivity index (χ1v) is 9.91. The van der Waals surface area contributed by atoms with Crippen LogP contribution in [0.15, 0.2) is 34.9 Å². The average Bonchev–Trinajstić information content (AvgIpc) is 3.23. The summed E-state index contributed by atoms with van der Waals surface area (Å²) in [6.45, 7) is 10.2. The topological polar surface area (TPSA) is 108 Å². The van der Waals surface area contributed by atoms with Crippen molar-refractivity contribution < 1.29 is 38.1 Å². The summed E-state index contributed by atoms with van der Waals surface area (Å²) in [5.74, 6) is -2.84. The molecule has 2 aliphatic carbocycles. The monoisotopic (exact) mass is 416 g/mol. The zero-order chi connectivity index (χ0) is 22.0.